The molecule has 2 aromatic rings. The van der Waals surface area contributed by atoms with Gasteiger partial charge in [-0.1, -0.05) is 23.8 Å². The van der Waals surface area contributed by atoms with Crippen molar-refractivity contribution in [1.29, 1.82) is 0 Å². The summed E-state index contributed by atoms with van der Waals surface area (Å²) in [4.78, 5) is 0. The molecule has 0 fully saturated rings. The number of hydrogen-bond donors (Lipinski definition) is 2. The Bertz CT molecular complexity index is 548. The fourth-order valence-corrected chi connectivity index (χ4v) is 2.03. The molecule has 2 heteroatoms. The van der Waals surface area contributed by atoms with Gasteiger partial charge >= 0.3 is 0 Å². The molecule has 0 spiro atoms. The van der Waals surface area contributed by atoms with Crippen LogP contribution in [0.4, 0.5) is 0 Å². The number of phenols is 2. The molecule has 0 saturated heterocycles. The Morgan fingerprint density at radius 1 is 0.765 bits per heavy atom. The fraction of sp³-hybridized carbons (Fsp3) is 0.200. The molecule has 0 aliphatic heterocycles. The van der Waals surface area contributed by atoms with Gasteiger partial charge in [-0.05, 0) is 49.6 Å². The van der Waals surface area contributed by atoms with Crippen LogP contribution in [-0.2, 0) is 0 Å². The third-order valence-electron chi connectivity index (χ3n) is 2.90. The second-order valence-electron chi connectivity index (χ2n) is 4.50. The van der Waals surface area contributed by atoms with Gasteiger partial charge in [-0.3, -0.25) is 0 Å². The van der Waals surface area contributed by atoms with Crippen LogP contribution in [0.3, 0.4) is 0 Å². The molecule has 0 aromatic heterocycles. The number of rotatable bonds is 1. The molecule has 0 unspecified atom stereocenters. The molecule has 0 radical (unpaired) electrons. The van der Waals surface area contributed by atoms with Crippen molar-refractivity contribution in [3.8, 4) is 22.6 Å². The summed E-state index contributed by atoms with van der Waals surface area (Å²) in [6, 6.07) is 9.30. The Morgan fingerprint density at radius 3 is 1.94 bits per heavy atom. The molecule has 17 heavy (non-hydrogen) atoms. The zero-order valence-electron chi connectivity index (χ0n) is 10.3. The Morgan fingerprint density at radius 2 is 1.35 bits per heavy atom. The Balaban J connectivity index is 2.72. The van der Waals surface area contributed by atoms with E-state index in [9.17, 15) is 10.2 Å². The van der Waals surface area contributed by atoms with Crippen LogP contribution in [0.2, 0.25) is 0 Å². The molecule has 0 aliphatic carbocycles. The van der Waals surface area contributed by atoms with Gasteiger partial charge in [0.2, 0.25) is 0 Å². The first-order chi connectivity index (χ1) is 7.99. The highest BCUT2D eigenvalue weighted by atomic mass is 16.3. The average Bonchev–Trinajstić information content (AvgIpc) is 2.21. The summed E-state index contributed by atoms with van der Waals surface area (Å²) in [5.74, 6) is 0.243. The van der Waals surface area contributed by atoms with Gasteiger partial charge in [0.05, 0.1) is 5.56 Å². The molecule has 0 atom stereocenters. The highest BCUT2D eigenvalue weighted by Gasteiger charge is 2.13. The van der Waals surface area contributed by atoms with Gasteiger partial charge in [-0.25, -0.2) is 0 Å². The van der Waals surface area contributed by atoms with E-state index in [1.165, 1.54) is 0 Å². The number of phenolic OH excluding ortho intramolecular Hbond substituents is 2. The maximum absolute atomic E-state index is 9.98. The van der Waals surface area contributed by atoms with Crippen molar-refractivity contribution >= 4 is 0 Å². The van der Waals surface area contributed by atoms with Crippen LogP contribution in [0, 0.1) is 20.8 Å². The third kappa shape index (κ3) is 2.11. The molecule has 2 nitrogen and oxygen atoms in total. The number of aryl methyl sites for hydroxylation is 3. The predicted octanol–water partition coefficient (Wildman–Crippen LogP) is 3.69. The van der Waals surface area contributed by atoms with E-state index >= 15 is 0 Å². The molecule has 0 aliphatic rings. The zero-order chi connectivity index (χ0) is 12.6. The number of benzene rings is 2. The lowest BCUT2D eigenvalue weighted by atomic mass is 9.96. The maximum Gasteiger partial charge on any atom is 0.127 e. The van der Waals surface area contributed by atoms with Crippen LogP contribution < -0.4 is 0 Å². The lowest BCUT2D eigenvalue weighted by Crippen LogP contribution is -1.87. The number of hydrogen-bond acceptors (Lipinski definition) is 2. The molecular formula is C15H16O2. The second-order valence-corrected chi connectivity index (χ2v) is 4.50. The third-order valence-corrected chi connectivity index (χ3v) is 2.90. The van der Waals surface area contributed by atoms with Crippen LogP contribution in [0.25, 0.3) is 11.1 Å². The van der Waals surface area contributed by atoms with E-state index in [0.717, 1.165) is 22.3 Å². The van der Waals surface area contributed by atoms with Gasteiger partial charge in [0.25, 0.3) is 0 Å². The first kappa shape index (κ1) is 11.5. The van der Waals surface area contributed by atoms with Crippen molar-refractivity contribution in [3.05, 3.63) is 47.0 Å². The standard InChI is InChI=1S/C15H16O2/c1-9-4-5-11(3)12(6-9)15-13(16)7-10(2)8-14(15)17/h4-8,16-17H,1-3H3. The minimum Gasteiger partial charge on any atom is -0.507 e. The molecule has 0 amide bonds. The van der Waals surface area contributed by atoms with Crippen molar-refractivity contribution in [2.24, 2.45) is 0 Å². The van der Waals surface area contributed by atoms with E-state index in [1.807, 2.05) is 39.0 Å². The first-order valence-corrected chi connectivity index (χ1v) is 5.59. The summed E-state index contributed by atoms with van der Waals surface area (Å²) in [6.07, 6.45) is 0. The minimum absolute atomic E-state index is 0.121. The van der Waals surface area contributed by atoms with Gasteiger partial charge in [-0.2, -0.15) is 0 Å². The van der Waals surface area contributed by atoms with Gasteiger partial charge in [-0.15, -0.1) is 0 Å². The topological polar surface area (TPSA) is 40.5 Å². The largest absolute Gasteiger partial charge is 0.507 e. The van der Waals surface area contributed by atoms with Crippen molar-refractivity contribution in [3.63, 3.8) is 0 Å². The van der Waals surface area contributed by atoms with Gasteiger partial charge in [0, 0.05) is 0 Å². The summed E-state index contributed by atoms with van der Waals surface area (Å²) in [5, 5.41) is 20.0. The Kier molecular flexibility index (Phi) is 2.80. The molecule has 2 aromatic carbocycles. The van der Waals surface area contributed by atoms with E-state index < -0.39 is 0 Å². The normalized spacial score (nSPS) is 10.5. The van der Waals surface area contributed by atoms with E-state index in [0.29, 0.717) is 5.56 Å². The monoisotopic (exact) mass is 228 g/mol. The maximum atomic E-state index is 9.98. The van der Waals surface area contributed by atoms with Crippen LogP contribution in [0.15, 0.2) is 30.3 Å². The van der Waals surface area contributed by atoms with Gasteiger partial charge in [0.1, 0.15) is 11.5 Å². The molecule has 88 valence electrons. The highest BCUT2D eigenvalue weighted by Crippen LogP contribution is 2.39. The van der Waals surface area contributed by atoms with E-state index in [4.69, 9.17) is 0 Å². The van der Waals surface area contributed by atoms with E-state index in [-0.39, 0.29) is 11.5 Å². The highest BCUT2D eigenvalue weighted by molar-refractivity contribution is 5.79. The fourth-order valence-electron chi connectivity index (χ4n) is 2.03. The SMILES string of the molecule is Cc1cc(O)c(-c2cc(C)ccc2C)c(O)c1. The van der Waals surface area contributed by atoms with Crippen LogP contribution >= 0.6 is 0 Å². The van der Waals surface area contributed by atoms with Crippen LogP contribution in [0.1, 0.15) is 16.7 Å². The molecule has 2 N–H and O–H groups in total. The first-order valence-electron chi connectivity index (χ1n) is 5.59. The van der Waals surface area contributed by atoms with E-state index in [1.54, 1.807) is 12.1 Å². The summed E-state index contributed by atoms with van der Waals surface area (Å²) in [5.41, 5.74) is 4.36. The van der Waals surface area contributed by atoms with Gasteiger partial charge in [0.15, 0.2) is 0 Å². The lowest BCUT2D eigenvalue weighted by molar-refractivity contribution is 0.453. The van der Waals surface area contributed by atoms with Crippen molar-refractivity contribution in [1.82, 2.24) is 0 Å². The predicted molar refractivity (Wildman–Crippen MR) is 69.4 cm³/mol. The molecular weight excluding hydrogens is 212 g/mol. The van der Waals surface area contributed by atoms with Crippen LogP contribution in [0.5, 0.6) is 11.5 Å². The molecule has 2 rings (SSSR count). The molecule has 0 saturated carbocycles. The summed E-state index contributed by atoms with van der Waals surface area (Å²) in [7, 11) is 0. The Hall–Kier alpha value is -1.96. The van der Waals surface area contributed by atoms with Crippen molar-refractivity contribution in [2.45, 2.75) is 20.8 Å². The summed E-state index contributed by atoms with van der Waals surface area (Å²) >= 11 is 0. The van der Waals surface area contributed by atoms with Crippen molar-refractivity contribution in [2.75, 3.05) is 0 Å². The zero-order valence-corrected chi connectivity index (χ0v) is 10.3. The minimum atomic E-state index is 0.121. The average molecular weight is 228 g/mol. The van der Waals surface area contributed by atoms with E-state index in [2.05, 4.69) is 0 Å². The lowest BCUT2D eigenvalue weighted by Gasteiger charge is -2.12. The summed E-state index contributed by atoms with van der Waals surface area (Å²) in [6.45, 7) is 5.80. The quantitative estimate of drug-likeness (QED) is 0.781. The van der Waals surface area contributed by atoms with Crippen LogP contribution in [-0.4, -0.2) is 10.2 Å². The molecule has 0 heterocycles. The second kappa shape index (κ2) is 4.13. The smallest absolute Gasteiger partial charge is 0.127 e. The van der Waals surface area contributed by atoms with Gasteiger partial charge < -0.3 is 10.2 Å². The number of aromatic hydroxyl groups is 2. The molecule has 0 bridgehead atoms. The Labute approximate surface area is 101 Å². The van der Waals surface area contributed by atoms with Crippen molar-refractivity contribution < 1.29 is 10.2 Å². The summed E-state index contributed by atoms with van der Waals surface area (Å²) < 4.78 is 0.